The van der Waals surface area contributed by atoms with E-state index in [1.807, 2.05) is 0 Å². The summed E-state index contributed by atoms with van der Waals surface area (Å²) in [6.07, 6.45) is 0.447. The zero-order valence-corrected chi connectivity index (χ0v) is 8.09. The van der Waals surface area contributed by atoms with Gasteiger partial charge in [0.2, 0.25) is 5.91 Å². The summed E-state index contributed by atoms with van der Waals surface area (Å²) in [5.41, 5.74) is 5.70. The van der Waals surface area contributed by atoms with Crippen molar-refractivity contribution in [2.45, 2.75) is 6.42 Å². The highest BCUT2D eigenvalue weighted by molar-refractivity contribution is 5.77. The molecular formula is C10H12F2N2O. The maximum Gasteiger partial charge on any atom is 0.233 e. The number of carbonyl (C=O) groups is 1. The van der Waals surface area contributed by atoms with Crippen LogP contribution in [0.25, 0.3) is 0 Å². The number of nitrogens with two attached hydrogens (primary N) is 1. The first-order valence-corrected chi connectivity index (χ1v) is 4.54. The molecule has 0 bridgehead atoms. The Balaban J connectivity index is 2.44. The average molecular weight is 214 g/mol. The Hall–Kier alpha value is -1.49. The molecule has 3 N–H and O–H groups in total. The molecule has 15 heavy (non-hydrogen) atoms. The number of nitrogens with one attached hydrogen (secondary N) is 1. The molecule has 1 rings (SSSR count). The van der Waals surface area contributed by atoms with E-state index in [0.29, 0.717) is 18.5 Å². The molecule has 0 spiro atoms. The highest BCUT2D eigenvalue weighted by atomic mass is 19.2. The summed E-state index contributed by atoms with van der Waals surface area (Å²) in [6, 6.07) is 3.66. The molecule has 0 unspecified atom stereocenters. The Labute approximate surface area is 86.3 Å². The largest absolute Gasteiger partial charge is 0.355 e. The van der Waals surface area contributed by atoms with Crippen molar-refractivity contribution in [3.05, 3.63) is 35.4 Å². The second-order valence-electron chi connectivity index (χ2n) is 3.05. The Morgan fingerprint density at radius 1 is 1.33 bits per heavy atom. The van der Waals surface area contributed by atoms with E-state index >= 15 is 0 Å². The minimum absolute atomic E-state index is 0.0716. The molecule has 0 heterocycles. The average Bonchev–Trinajstić information content (AvgIpc) is 2.23. The van der Waals surface area contributed by atoms with Crippen LogP contribution in [0.15, 0.2) is 18.2 Å². The summed E-state index contributed by atoms with van der Waals surface area (Å²) in [5.74, 6) is -2.01. The van der Waals surface area contributed by atoms with Gasteiger partial charge in [-0.3, -0.25) is 4.79 Å². The predicted molar refractivity (Wildman–Crippen MR) is 52.1 cm³/mol. The monoisotopic (exact) mass is 214 g/mol. The van der Waals surface area contributed by atoms with Gasteiger partial charge in [-0.2, -0.15) is 0 Å². The maximum atomic E-state index is 12.7. The first-order chi connectivity index (χ1) is 7.13. The van der Waals surface area contributed by atoms with Crippen LogP contribution < -0.4 is 11.1 Å². The number of halogens is 2. The van der Waals surface area contributed by atoms with Gasteiger partial charge < -0.3 is 11.1 Å². The second-order valence-corrected chi connectivity index (χ2v) is 3.05. The minimum Gasteiger partial charge on any atom is -0.355 e. The molecule has 1 amide bonds. The Kier molecular flexibility index (Phi) is 4.17. The van der Waals surface area contributed by atoms with Crippen LogP contribution in [0.2, 0.25) is 0 Å². The Morgan fingerprint density at radius 2 is 2.07 bits per heavy atom. The van der Waals surface area contributed by atoms with Crippen molar-refractivity contribution in [2.24, 2.45) is 5.73 Å². The molecule has 0 aromatic heterocycles. The van der Waals surface area contributed by atoms with E-state index in [1.54, 1.807) is 0 Å². The van der Waals surface area contributed by atoms with E-state index in [4.69, 9.17) is 5.73 Å². The summed E-state index contributed by atoms with van der Waals surface area (Å²) in [4.78, 5) is 10.8. The van der Waals surface area contributed by atoms with Crippen molar-refractivity contribution in [3.8, 4) is 0 Å². The summed E-state index contributed by atoms with van der Waals surface area (Å²) < 4.78 is 25.3. The molecule has 1 aromatic carbocycles. The van der Waals surface area contributed by atoms with Gasteiger partial charge in [0.25, 0.3) is 0 Å². The van der Waals surface area contributed by atoms with E-state index < -0.39 is 11.6 Å². The molecule has 82 valence electrons. The number of carbonyl (C=O) groups excluding carboxylic acids is 1. The fourth-order valence-corrected chi connectivity index (χ4v) is 1.11. The summed E-state index contributed by atoms with van der Waals surface area (Å²) in [6.45, 7) is 0.291. The molecule has 0 saturated carbocycles. The molecule has 0 saturated heterocycles. The smallest absolute Gasteiger partial charge is 0.233 e. The van der Waals surface area contributed by atoms with Crippen LogP contribution in [-0.2, 0) is 11.2 Å². The van der Waals surface area contributed by atoms with Gasteiger partial charge in [-0.25, -0.2) is 8.78 Å². The van der Waals surface area contributed by atoms with Crippen molar-refractivity contribution >= 4 is 5.91 Å². The van der Waals surface area contributed by atoms with Crippen molar-refractivity contribution < 1.29 is 13.6 Å². The van der Waals surface area contributed by atoms with Gasteiger partial charge in [0.1, 0.15) is 0 Å². The van der Waals surface area contributed by atoms with Crippen LogP contribution >= 0.6 is 0 Å². The number of amides is 1. The van der Waals surface area contributed by atoms with Crippen molar-refractivity contribution in [1.82, 2.24) is 5.32 Å². The van der Waals surface area contributed by atoms with Gasteiger partial charge >= 0.3 is 0 Å². The maximum absolute atomic E-state index is 12.7. The Morgan fingerprint density at radius 3 is 2.67 bits per heavy atom. The fourth-order valence-electron chi connectivity index (χ4n) is 1.11. The van der Waals surface area contributed by atoms with Crippen LogP contribution in [0, 0.1) is 11.6 Å². The molecule has 0 aliphatic carbocycles. The van der Waals surface area contributed by atoms with Gasteiger partial charge in [-0.05, 0) is 24.1 Å². The normalized spacial score (nSPS) is 10.1. The van der Waals surface area contributed by atoms with Crippen molar-refractivity contribution in [3.63, 3.8) is 0 Å². The summed E-state index contributed by atoms with van der Waals surface area (Å²) in [7, 11) is 0. The molecule has 0 aliphatic heterocycles. The van der Waals surface area contributed by atoms with Gasteiger partial charge in [0.15, 0.2) is 11.6 Å². The molecule has 3 nitrogen and oxygen atoms in total. The summed E-state index contributed by atoms with van der Waals surface area (Å²) >= 11 is 0. The quantitative estimate of drug-likeness (QED) is 0.770. The molecule has 1 aromatic rings. The van der Waals surface area contributed by atoms with E-state index in [1.165, 1.54) is 6.07 Å². The lowest BCUT2D eigenvalue weighted by molar-refractivity contribution is -0.119. The topological polar surface area (TPSA) is 55.1 Å². The molecule has 0 aliphatic rings. The number of benzene rings is 1. The lowest BCUT2D eigenvalue weighted by Gasteiger charge is -2.03. The second kappa shape index (κ2) is 5.41. The van der Waals surface area contributed by atoms with E-state index in [0.717, 1.165) is 12.1 Å². The standard InChI is InChI=1S/C10H12F2N2O/c11-8-2-1-7(5-9(8)12)3-4-14-10(15)6-13/h1-2,5H,3-4,6,13H2,(H,14,15). The molecule has 5 heteroatoms. The fraction of sp³-hybridized carbons (Fsp3) is 0.300. The van der Waals surface area contributed by atoms with Crippen LogP contribution in [-0.4, -0.2) is 19.0 Å². The van der Waals surface area contributed by atoms with Gasteiger partial charge in [0, 0.05) is 6.54 Å². The summed E-state index contributed by atoms with van der Waals surface area (Å²) in [5, 5.41) is 2.53. The van der Waals surface area contributed by atoms with E-state index in [9.17, 15) is 13.6 Å². The highest BCUT2D eigenvalue weighted by Gasteiger charge is 2.02. The molecule has 0 radical (unpaired) electrons. The first-order valence-electron chi connectivity index (χ1n) is 4.54. The van der Waals surface area contributed by atoms with Gasteiger partial charge in [0.05, 0.1) is 6.54 Å². The molecular weight excluding hydrogens is 202 g/mol. The third-order valence-corrected chi connectivity index (χ3v) is 1.91. The lowest BCUT2D eigenvalue weighted by Crippen LogP contribution is -2.31. The zero-order chi connectivity index (χ0) is 11.3. The zero-order valence-electron chi connectivity index (χ0n) is 8.09. The lowest BCUT2D eigenvalue weighted by atomic mass is 10.1. The Bertz CT molecular complexity index is 355. The minimum atomic E-state index is -0.877. The number of hydrogen-bond acceptors (Lipinski definition) is 2. The number of rotatable bonds is 4. The highest BCUT2D eigenvalue weighted by Crippen LogP contribution is 2.08. The van der Waals surface area contributed by atoms with Crippen LogP contribution in [0.3, 0.4) is 0 Å². The third kappa shape index (κ3) is 3.63. The molecule has 0 fully saturated rings. The van der Waals surface area contributed by atoms with Crippen LogP contribution in [0.1, 0.15) is 5.56 Å². The van der Waals surface area contributed by atoms with E-state index in [2.05, 4.69) is 5.32 Å². The van der Waals surface area contributed by atoms with Gasteiger partial charge in [-0.1, -0.05) is 6.07 Å². The number of hydrogen-bond donors (Lipinski definition) is 2. The predicted octanol–water partition coefficient (Wildman–Crippen LogP) is 0.582. The van der Waals surface area contributed by atoms with Crippen LogP contribution in [0.4, 0.5) is 8.78 Å². The van der Waals surface area contributed by atoms with Gasteiger partial charge in [-0.15, -0.1) is 0 Å². The molecule has 0 atom stereocenters. The van der Waals surface area contributed by atoms with Crippen LogP contribution in [0.5, 0.6) is 0 Å². The van der Waals surface area contributed by atoms with E-state index in [-0.39, 0.29) is 12.5 Å². The SMILES string of the molecule is NCC(=O)NCCc1ccc(F)c(F)c1. The third-order valence-electron chi connectivity index (χ3n) is 1.91. The first kappa shape index (κ1) is 11.6. The van der Waals surface area contributed by atoms with Crippen molar-refractivity contribution in [2.75, 3.05) is 13.1 Å². The van der Waals surface area contributed by atoms with Crippen molar-refractivity contribution in [1.29, 1.82) is 0 Å².